The molecule has 1 aliphatic rings. The lowest BCUT2D eigenvalue weighted by Gasteiger charge is -2.05. The Kier molecular flexibility index (Phi) is 5.23. The summed E-state index contributed by atoms with van der Waals surface area (Å²) >= 11 is 0. The third-order valence-electron chi connectivity index (χ3n) is 5.03. The van der Waals surface area contributed by atoms with E-state index in [2.05, 4.69) is 15.7 Å². The molecule has 2 N–H and O–H groups in total. The van der Waals surface area contributed by atoms with Crippen molar-refractivity contribution in [3.63, 3.8) is 0 Å². The van der Waals surface area contributed by atoms with Gasteiger partial charge in [0.25, 0.3) is 0 Å². The van der Waals surface area contributed by atoms with Crippen LogP contribution in [-0.2, 0) is 16.0 Å². The first kappa shape index (κ1) is 18.7. The molecule has 5 heteroatoms. The van der Waals surface area contributed by atoms with Crippen molar-refractivity contribution in [2.75, 3.05) is 0 Å². The lowest BCUT2D eigenvalue weighted by molar-refractivity contribution is -0.121. The number of aromatic hydroxyl groups is 1. The van der Waals surface area contributed by atoms with Crippen LogP contribution in [-0.4, -0.2) is 26.6 Å². The van der Waals surface area contributed by atoms with E-state index >= 15 is 0 Å². The number of fused-ring (bicyclic) bond motifs is 1. The molecule has 29 heavy (non-hydrogen) atoms. The maximum Gasteiger partial charge on any atom is 0.170 e. The number of nitrogens with zero attached hydrogens (tertiary/aromatic N) is 1. The van der Waals surface area contributed by atoms with Gasteiger partial charge in [-0.05, 0) is 66.5 Å². The van der Waals surface area contributed by atoms with Crippen LogP contribution in [0.2, 0.25) is 0 Å². The van der Waals surface area contributed by atoms with E-state index in [-0.39, 0.29) is 35.7 Å². The first-order chi connectivity index (χ1) is 14.1. The molecule has 0 amide bonds. The Morgan fingerprint density at radius 1 is 1.21 bits per heavy atom. The van der Waals surface area contributed by atoms with Gasteiger partial charge in [0, 0.05) is 47.9 Å². The SMILES string of the molecule is O=C1CC=C=C(c2ccncc2)C=C1C(=O)CCCc1c[nH]c2ccc(O)cc12. The fourth-order valence-electron chi connectivity index (χ4n) is 3.51. The van der Waals surface area contributed by atoms with Crippen LogP contribution in [0.25, 0.3) is 16.5 Å². The summed E-state index contributed by atoms with van der Waals surface area (Å²) in [4.78, 5) is 32.4. The van der Waals surface area contributed by atoms with Crippen molar-refractivity contribution >= 4 is 28.0 Å². The van der Waals surface area contributed by atoms with Gasteiger partial charge in [-0.1, -0.05) is 0 Å². The summed E-state index contributed by atoms with van der Waals surface area (Å²) in [5.41, 5.74) is 6.91. The number of ketones is 2. The van der Waals surface area contributed by atoms with Crippen LogP contribution in [0.4, 0.5) is 0 Å². The Balaban J connectivity index is 1.47. The second kappa shape index (κ2) is 8.13. The molecule has 144 valence electrons. The Morgan fingerprint density at radius 2 is 2.03 bits per heavy atom. The summed E-state index contributed by atoms with van der Waals surface area (Å²) in [5, 5.41) is 10.7. The Labute approximate surface area is 168 Å². The summed E-state index contributed by atoms with van der Waals surface area (Å²) in [6.07, 6.45) is 10.3. The minimum absolute atomic E-state index is 0.152. The molecular formula is C24H20N2O3. The molecule has 0 spiro atoms. The highest BCUT2D eigenvalue weighted by molar-refractivity contribution is 6.22. The highest BCUT2D eigenvalue weighted by Crippen LogP contribution is 2.25. The molecule has 0 fully saturated rings. The van der Waals surface area contributed by atoms with Crippen molar-refractivity contribution in [3.8, 4) is 5.75 Å². The molecule has 1 aliphatic carbocycles. The zero-order chi connectivity index (χ0) is 20.2. The Hall–Kier alpha value is -3.69. The summed E-state index contributed by atoms with van der Waals surface area (Å²) in [7, 11) is 0. The molecule has 3 aromatic rings. The molecule has 0 aliphatic heterocycles. The molecule has 2 aromatic heterocycles. The van der Waals surface area contributed by atoms with E-state index in [9.17, 15) is 14.7 Å². The highest BCUT2D eigenvalue weighted by atomic mass is 16.3. The smallest absolute Gasteiger partial charge is 0.170 e. The number of rotatable bonds is 6. The quantitative estimate of drug-likeness (QED) is 0.490. The average molecular weight is 384 g/mol. The van der Waals surface area contributed by atoms with Crippen LogP contribution >= 0.6 is 0 Å². The summed E-state index contributed by atoms with van der Waals surface area (Å²) in [6, 6.07) is 8.85. The second-order valence-corrected chi connectivity index (χ2v) is 7.00. The molecule has 0 atom stereocenters. The van der Waals surface area contributed by atoms with E-state index in [4.69, 9.17) is 0 Å². The normalized spacial score (nSPS) is 13.9. The van der Waals surface area contributed by atoms with E-state index in [1.807, 2.05) is 24.4 Å². The van der Waals surface area contributed by atoms with E-state index in [0.717, 1.165) is 22.0 Å². The number of phenolic OH excluding ortho intramolecular Hbond substituents is 1. The zero-order valence-electron chi connectivity index (χ0n) is 15.8. The van der Waals surface area contributed by atoms with Gasteiger partial charge < -0.3 is 10.1 Å². The van der Waals surface area contributed by atoms with Gasteiger partial charge in [0.2, 0.25) is 0 Å². The number of nitrogens with one attached hydrogen (secondary N) is 1. The minimum Gasteiger partial charge on any atom is -0.508 e. The molecular weight excluding hydrogens is 364 g/mol. The lowest BCUT2D eigenvalue weighted by Crippen LogP contribution is -2.12. The zero-order valence-corrected chi connectivity index (χ0v) is 15.8. The number of hydrogen-bond acceptors (Lipinski definition) is 4. The van der Waals surface area contributed by atoms with Crippen LogP contribution in [0.1, 0.15) is 30.4 Å². The maximum atomic E-state index is 12.8. The Morgan fingerprint density at radius 3 is 2.86 bits per heavy atom. The van der Waals surface area contributed by atoms with Gasteiger partial charge in [-0.3, -0.25) is 14.6 Å². The summed E-state index contributed by atoms with van der Waals surface area (Å²) in [5.74, 6) is -0.114. The van der Waals surface area contributed by atoms with Gasteiger partial charge >= 0.3 is 0 Å². The highest BCUT2D eigenvalue weighted by Gasteiger charge is 2.19. The van der Waals surface area contributed by atoms with Gasteiger partial charge in [0.1, 0.15) is 5.75 Å². The van der Waals surface area contributed by atoms with Crippen molar-refractivity contribution in [3.05, 3.63) is 83.5 Å². The van der Waals surface area contributed by atoms with Gasteiger partial charge in [-0.15, -0.1) is 5.73 Å². The molecule has 0 saturated heterocycles. The molecule has 0 unspecified atom stereocenters. The number of aromatic amines is 1. The third-order valence-corrected chi connectivity index (χ3v) is 5.03. The number of H-pyrrole nitrogens is 1. The van der Waals surface area contributed by atoms with Crippen LogP contribution in [0, 0.1) is 0 Å². The molecule has 0 radical (unpaired) electrons. The number of phenols is 1. The van der Waals surface area contributed by atoms with Crippen LogP contribution in [0.5, 0.6) is 5.75 Å². The van der Waals surface area contributed by atoms with Crippen molar-refractivity contribution < 1.29 is 14.7 Å². The fourth-order valence-corrected chi connectivity index (χ4v) is 3.51. The number of aryl methyl sites for hydroxylation is 1. The number of carbonyl (C=O) groups excluding carboxylic acids is 2. The van der Waals surface area contributed by atoms with Crippen LogP contribution < -0.4 is 0 Å². The summed E-state index contributed by atoms with van der Waals surface area (Å²) < 4.78 is 0. The van der Waals surface area contributed by atoms with Crippen LogP contribution in [0.3, 0.4) is 0 Å². The third kappa shape index (κ3) is 4.10. The van der Waals surface area contributed by atoms with Crippen molar-refractivity contribution in [2.24, 2.45) is 0 Å². The fraction of sp³-hybridized carbons (Fsp3) is 0.167. The first-order valence-electron chi connectivity index (χ1n) is 9.54. The first-order valence-corrected chi connectivity index (χ1v) is 9.54. The van der Waals surface area contributed by atoms with Gasteiger partial charge in [0.05, 0.1) is 5.57 Å². The minimum atomic E-state index is -0.177. The van der Waals surface area contributed by atoms with Crippen molar-refractivity contribution in [2.45, 2.75) is 25.7 Å². The van der Waals surface area contributed by atoms with Crippen molar-refractivity contribution in [1.29, 1.82) is 0 Å². The van der Waals surface area contributed by atoms with E-state index in [1.54, 1.807) is 36.7 Å². The summed E-state index contributed by atoms with van der Waals surface area (Å²) in [6.45, 7) is 0. The molecule has 5 nitrogen and oxygen atoms in total. The average Bonchev–Trinajstić information content (AvgIpc) is 3.01. The largest absolute Gasteiger partial charge is 0.508 e. The van der Waals surface area contributed by atoms with Gasteiger partial charge in [-0.2, -0.15) is 0 Å². The lowest BCUT2D eigenvalue weighted by atomic mass is 9.96. The second-order valence-electron chi connectivity index (χ2n) is 7.00. The maximum absolute atomic E-state index is 12.8. The molecule has 1 aromatic carbocycles. The number of pyridine rings is 1. The number of Topliss-reactive ketones (excluding diaryl/α,β-unsaturated/α-hetero) is 2. The number of carbonyl (C=O) groups is 2. The van der Waals surface area contributed by atoms with Gasteiger partial charge in [-0.25, -0.2) is 0 Å². The monoisotopic (exact) mass is 384 g/mol. The molecule has 0 saturated carbocycles. The predicted octanol–water partition coefficient (Wildman–Crippen LogP) is 4.30. The number of benzene rings is 1. The number of aromatic nitrogens is 2. The Bertz CT molecular complexity index is 1180. The number of allylic oxidation sites excluding steroid dienone is 3. The van der Waals surface area contributed by atoms with Gasteiger partial charge in [0.15, 0.2) is 11.6 Å². The van der Waals surface area contributed by atoms with Crippen LogP contribution in [0.15, 0.2) is 72.4 Å². The molecule has 4 rings (SSSR count). The van der Waals surface area contributed by atoms with Crippen molar-refractivity contribution in [1.82, 2.24) is 9.97 Å². The van der Waals surface area contributed by atoms with E-state index < -0.39 is 0 Å². The standard InChI is InChI=1S/C24H20N2O3/c27-19-7-8-22-20(14-19)18(15-26-22)4-2-6-24(29)21-13-17(3-1-5-23(21)28)16-9-11-25-12-10-16/h1,7-15,26-27H,2,4-6H2. The van der Waals surface area contributed by atoms with E-state index in [0.29, 0.717) is 18.4 Å². The predicted molar refractivity (Wildman–Crippen MR) is 111 cm³/mol. The topological polar surface area (TPSA) is 83.0 Å². The number of hydrogen-bond donors (Lipinski definition) is 2. The van der Waals surface area contributed by atoms with E-state index in [1.165, 1.54) is 0 Å². The molecule has 2 heterocycles. The molecule has 0 bridgehead atoms.